The van der Waals surface area contributed by atoms with Gasteiger partial charge in [0.1, 0.15) is 11.0 Å². The third-order valence-electron chi connectivity index (χ3n) is 3.02. The number of hydrogen-bond acceptors (Lipinski definition) is 3. The third kappa shape index (κ3) is 3.35. The SMILES string of the molecule is CCC#CCC1(C(=O)OC(C)(C)C)CCCC1=O. The lowest BCUT2D eigenvalue weighted by atomic mass is 9.82. The Morgan fingerprint density at radius 2 is 2.06 bits per heavy atom. The van der Waals surface area contributed by atoms with E-state index in [1.165, 1.54) is 0 Å². The summed E-state index contributed by atoms with van der Waals surface area (Å²) in [7, 11) is 0. The number of carbonyl (C=O) groups excluding carboxylic acids is 2. The zero-order valence-corrected chi connectivity index (χ0v) is 11.8. The Morgan fingerprint density at radius 1 is 1.39 bits per heavy atom. The number of rotatable bonds is 2. The number of Topliss-reactive ketones (excluding diaryl/α,β-unsaturated/α-hetero) is 1. The number of hydrogen-bond donors (Lipinski definition) is 0. The van der Waals surface area contributed by atoms with Crippen LogP contribution >= 0.6 is 0 Å². The van der Waals surface area contributed by atoms with Crippen LogP contribution in [0.3, 0.4) is 0 Å². The fourth-order valence-electron chi connectivity index (χ4n) is 2.12. The first kappa shape index (κ1) is 14.8. The van der Waals surface area contributed by atoms with Crippen LogP contribution in [0.4, 0.5) is 0 Å². The molecule has 1 aliphatic rings. The van der Waals surface area contributed by atoms with Gasteiger partial charge in [0.25, 0.3) is 0 Å². The van der Waals surface area contributed by atoms with Gasteiger partial charge in [0, 0.05) is 19.3 Å². The molecule has 0 bridgehead atoms. The van der Waals surface area contributed by atoms with Gasteiger partial charge < -0.3 is 4.74 Å². The van der Waals surface area contributed by atoms with E-state index in [1.807, 2.05) is 27.7 Å². The highest BCUT2D eigenvalue weighted by molar-refractivity contribution is 6.05. The molecule has 1 rings (SSSR count). The summed E-state index contributed by atoms with van der Waals surface area (Å²) in [4.78, 5) is 24.3. The van der Waals surface area contributed by atoms with E-state index in [4.69, 9.17) is 4.74 Å². The zero-order chi connectivity index (χ0) is 13.8. The Kier molecular flexibility index (Phi) is 4.56. The average molecular weight is 250 g/mol. The van der Waals surface area contributed by atoms with Gasteiger partial charge in [-0.25, -0.2) is 0 Å². The third-order valence-corrected chi connectivity index (χ3v) is 3.02. The van der Waals surface area contributed by atoms with Crippen molar-refractivity contribution in [1.82, 2.24) is 0 Å². The molecule has 0 radical (unpaired) electrons. The van der Waals surface area contributed by atoms with Crippen LogP contribution in [-0.4, -0.2) is 17.4 Å². The van der Waals surface area contributed by atoms with Crippen LogP contribution in [-0.2, 0) is 14.3 Å². The van der Waals surface area contributed by atoms with Gasteiger partial charge >= 0.3 is 5.97 Å². The van der Waals surface area contributed by atoms with E-state index in [9.17, 15) is 9.59 Å². The highest BCUT2D eigenvalue weighted by Crippen LogP contribution is 2.40. The van der Waals surface area contributed by atoms with Crippen LogP contribution in [0.2, 0.25) is 0 Å². The maximum atomic E-state index is 12.3. The van der Waals surface area contributed by atoms with Crippen molar-refractivity contribution in [2.45, 2.75) is 65.4 Å². The van der Waals surface area contributed by atoms with Crippen molar-refractivity contribution in [2.24, 2.45) is 5.41 Å². The molecule has 0 aromatic rings. The molecular weight excluding hydrogens is 228 g/mol. The Labute approximate surface area is 109 Å². The fourth-order valence-corrected chi connectivity index (χ4v) is 2.12. The molecule has 0 heterocycles. The van der Waals surface area contributed by atoms with Crippen LogP contribution in [0, 0.1) is 17.3 Å². The lowest BCUT2D eigenvalue weighted by Gasteiger charge is -2.28. The molecule has 1 aliphatic carbocycles. The van der Waals surface area contributed by atoms with Gasteiger partial charge in [-0.3, -0.25) is 9.59 Å². The largest absolute Gasteiger partial charge is 0.459 e. The normalized spacial score (nSPS) is 23.4. The number of esters is 1. The molecule has 1 atom stereocenters. The molecule has 3 heteroatoms. The second kappa shape index (κ2) is 5.56. The Bertz CT molecular complexity index is 392. The summed E-state index contributed by atoms with van der Waals surface area (Å²) in [6, 6.07) is 0. The highest BCUT2D eigenvalue weighted by Gasteiger charge is 2.50. The molecule has 0 saturated heterocycles. The van der Waals surface area contributed by atoms with Crippen molar-refractivity contribution in [2.75, 3.05) is 0 Å². The molecule has 18 heavy (non-hydrogen) atoms. The van der Waals surface area contributed by atoms with Gasteiger partial charge in [0.05, 0.1) is 0 Å². The summed E-state index contributed by atoms with van der Waals surface area (Å²) < 4.78 is 5.40. The van der Waals surface area contributed by atoms with Crippen molar-refractivity contribution in [3.05, 3.63) is 0 Å². The topological polar surface area (TPSA) is 43.4 Å². The quantitative estimate of drug-likeness (QED) is 0.430. The molecule has 3 nitrogen and oxygen atoms in total. The second-order valence-electron chi connectivity index (χ2n) is 5.74. The van der Waals surface area contributed by atoms with Crippen molar-refractivity contribution in [3.63, 3.8) is 0 Å². The average Bonchev–Trinajstić information content (AvgIpc) is 2.59. The summed E-state index contributed by atoms with van der Waals surface area (Å²) in [5.41, 5.74) is -1.57. The van der Waals surface area contributed by atoms with E-state index in [-0.39, 0.29) is 5.78 Å². The molecule has 0 aliphatic heterocycles. The molecule has 0 aromatic carbocycles. The monoisotopic (exact) mass is 250 g/mol. The van der Waals surface area contributed by atoms with Gasteiger partial charge in [0.15, 0.2) is 5.78 Å². The standard InChI is InChI=1S/C15H22O3/c1-5-6-7-10-15(11-8-9-12(15)16)13(17)18-14(2,3)4/h5,8-11H2,1-4H3. The number of ketones is 1. The van der Waals surface area contributed by atoms with Gasteiger partial charge in [0.2, 0.25) is 0 Å². The van der Waals surface area contributed by atoms with Crippen LogP contribution < -0.4 is 0 Å². The van der Waals surface area contributed by atoms with E-state index in [0.717, 1.165) is 12.8 Å². The predicted molar refractivity (Wildman–Crippen MR) is 69.8 cm³/mol. The summed E-state index contributed by atoms with van der Waals surface area (Å²) in [5, 5.41) is 0. The van der Waals surface area contributed by atoms with E-state index >= 15 is 0 Å². The lowest BCUT2D eigenvalue weighted by Crippen LogP contribution is -2.40. The molecule has 0 amide bonds. The summed E-state index contributed by atoms with van der Waals surface area (Å²) >= 11 is 0. The predicted octanol–water partition coefficient (Wildman–Crippen LogP) is 2.87. The summed E-state index contributed by atoms with van der Waals surface area (Å²) in [6.07, 6.45) is 2.82. The first-order valence-corrected chi connectivity index (χ1v) is 6.54. The van der Waals surface area contributed by atoms with E-state index in [0.29, 0.717) is 19.3 Å². The van der Waals surface area contributed by atoms with E-state index in [1.54, 1.807) is 0 Å². The maximum absolute atomic E-state index is 12.3. The molecule has 0 aromatic heterocycles. The smallest absolute Gasteiger partial charge is 0.321 e. The van der Waals surface area contributed by atoms with Crippen LogP contribution in [0.25, 0.3) is 0 Å². The summed E-state index contributed by atoms with van der Waals surface area (Å²) in [5.74, 6) is 5.46. The summed E-state index contributed by atoms with van der Waals surface area (Å²) in [6.45, 7) is 7.39. The molecule has 0 N–H and O–H groups in total. The first-order chi connectivity index (χ1) is 8.32. The Morgan fingerprint density at radius 3 is 2.50 bits per heavy atom. The highest BCUT2D eigenvalue weighted by atomic mass is 16.6. The maximum Gasteiger partial charge on any atom is 0.321 e. The number of carbonyl (C=O) groups is 2. The second-order valence-corrected chi connectivity index (χ2v) is 5.74. The molecule has 1 saturated carbocycles. The molecular formula is C15H22O3. The van der Waals surface area contributed by atoms with E-state index in [2.05, 4.69) is 11.8 Å². The van der Waals surface area contributed by atoms with Crippen molar-refractivity contribution >= 4 is 11.8 Å². The minimum Gasteiger partial charge on any atom is -0.459 e. The van der Waals surface area contributed by atoms with Crippen LogP contribution in [0.1, 0.15) is 59.8 Å². The van der Waals surface area contributed by atoms with Gasteiger partial charge in [-0.15, -0.1) is 11.8 Å². The Balaban J connectivity index is 2.91. The van der Waals surface area contributed by atoms with Gasteiger partial charge in [-0.1, -0.05) is 6.92 Å². The molecule has 0 spiro atoms. The molecule has 100 valence electrons. The minimum atomic E-state index is -1.00. The van der Waals surface area contributed by atoms with Crippen molar-refractivity contribution in [3.8, 4) is 11.8 Å². The van der Waals surface area contributed by atoms with Crippen molar-refractivity contribution < 1.29 is 14.3 Å². The zero-order valence-electron chi connectivity index (χ0n) is 11.8. The van der Waals surface area contributed by atoms with Gasteiger partial charge in [-0.05, 0) is 33.6 Å². The lowest BCUT2D eigenvalue weighted by molar-refractivity contribution is -0.169. The minimum absolute atomic E-state index is 0.0119. The fraction of sp³-hybridized carbons (Fsp3) is 0.733. The molecule has 1 fully saturated rings. The number of ether oxygens (including phenoxy) is 1. The van der Waals surface area contributed by atoms with Gasteiger partial charge in [-0.2, -0.15) is 0 Å². The Hall–Kier alpha value is -1.30. The molecule has 1 unspecified atom stereocenters. The van der Waals surface area contributed by atoms with Crippen LogP contribution in [0.5, 0.6) is 0 Å². The van der Waals surface area contributed by atoms with Crippen molar-refractivity contribution in [1.29, 1.82) is 0 Å². The first-order valence-electron chi connectivity index (χ1n) is 6.54. The van der Waals surface area contributed by atoms with Crippen LogP contribution in [0.15, 0.2) is 0 Å². The van der Waals surface area contributed by atoms with E-state index < -0.39 is 17.0 Å².